The van der Waals surface area contributed by atoms with Crippen LogP contribution >= 0.6 is 0 Å². The Bertz CT molecular complexity index is 240. The molecule has 1 amide bonds. The highest BCUT2D eigenvalue weighted by Gasteiger charge is 2.40. The quantitative estimate of drug-likeness (QED) is 0.562. The second-order valence-corrected chi connectivity index (χ2v) is 2.88. The van der Waals surface area contributed by atoms with Gasteiger partial charge in [-0.05, 0) is 18.3 Å². The summed E-state index contributed by atoms with van der Waals surface area (Å²) >= 11 is 0. The molecule has 2 nitrogen and oxygen atoms in total. The molecule has 0 heterocycles. The van der Waals surface area contributed by atoms with Gasteiger partial charge in [-0.3, -0.25) is 4.79 Å². The number of hydrogen-bond acceptors (Lipinski definition) is 1. The molecule has 2 aliphatic rings. The Labute approximate surface area is 59.4 Å². The molecule has 0 aromatic heterocycles. The number of rotatable bonds is 1. The molecule has 0 radical (unpaired) electrons. The number of carbonyl (C=O) groups excluding carboxylic acids is 1. The number of primary amides is 1. The van der Waals surface area contributed by atoms with Crippen LogP contribution in [-0.4, -0.2) is 5.91 Å². The van der Waals surface area contributed by atoms with E-state index in [1.165, 1.54) is 0 Å². The van der Waals surface area contributed by atoms with Crippen LogP contribution in [0.2, 0.25) is 0 Å². The second kappa shape index (κ2) is 1.72. The lowest BCUT2D eigenvalue weighted by molar-refractivity contribution is -0.114. The van der Waals surface area contributed by atoms with Crippen LogP contribution in [0.25, 0.3) is 0 Å². The molecule has 2 heteroatoms. The molecule has 2 N–H and O–H groups in total. The SMILES string of the molecule is NC(=O)C1=CC=CC2CC12. The molecule has 1 fully saturated rings. The largest absolute Gasteiger partial charge is 0.366 e. The van der Waals surface area contributed by atoms with E-state index in [0.29, 0.717) is 11.8 Å². The van der Waals surface area contributed by atoms with Crippen LogP contribution in [0.3, 0.4) is 0 Å². The Morgan fingerprint density at radius 1 is 1.70 bits per heavy atom. The molecule has 0 aliphatic heterocycles. The van der Waals surface area contributed by atoms with Crippen LogP contribution in [0.4, 0.5) is 0 Å². The Morgan fingerprint density at radius 2 is 2.50 bits per heavy atom. The first-order valence-corrected chi connectivity index (χ1v) is 3.47. The average molecular weight is 135 g/mol. The van der Waals surface area contributed by atoms with E-state index < -0.39 is 0 Å². The van der Waals surface area contributed by atoms with Crippen molar-refractivity contribution in [3.8, 4) is 0 Å². The van der Waals surface area contributed by atoms with Gasteiger partial charge in [-0.25, -0.2) is 0 Å². The van der Waals surface area contributed by atoms with Gasteiger partial charge in [0, 0.05) is 5.57 Å². The van der Waals surface area contributed by atoms with Crippen molar-refractivity contribution in [2.24, 2.45) is 17.6 Å². The Kier molecular flexibility index (Phi) is 0.982. The molecule has 2 aliphatic carbocycles. The fourth-order valence-corrected chi connectivity index (χ4v) is 1.48. The highest BCUT2D eigenvalue weighted by atomic mass is 16.1. The van der Waals surface area contributed by atoms with Crippen molar-refractivity contribution >= 4 is 5.91 Å². The first kappa shape index (κ1) is 5.71. The summed E-state index contributed by atoms with van der Waals surface area (Å²) in [6, 6.07) is 0. The molecular weight excluding hydrogens is 126 g/mol. The summed E-state index contributed by atoms with van der Waals surface area (Å²) in [5.41, 5.74) is 5.96. The van der Waals surface area contributed by atoms with Crippen molar-refractivity contribution in [2.45, 2.75) is 6.42 Å². The number of hydrogen-bond donors (Lipinski definition) is 1. The van der Waals surface area contributed by atoms with E-state index in [2.05, 4.69) is 6.08 Å². The first-order chi connectivity index (χ1) is 4.79. The summed E-state index contributed by atoms with van der Waals surface area (Å²) in [6.07, 6.45) is 7.01. The van der Waals surface area contributed by atoms with E-state index in [4.69, 9.17) is 5.73 Å². The van der Waals surface area contributed by atoms with Gasteiger partial charge in [-0.2, -0.15) is 0 Å². The zero-order valence-corrected chi connectivity index (χ0v) is 5.58. The number of amides is 1. The van der Waals surface area contributed by atoms with Gasteiger partial charge in [0.15, 0.2) is 0 Å². The standard InChI is InChI=1S/C8H9NO/c9-8(10)6-3-1-2-5-4-7(5)6/h1-3,5,7H,4H2,(H2,9,10). The Balaban J connectivity index is 2.28. The molecule has 0 bridgehead atoms. The van der Waals surface area contributed by atoms with Gasteiger partial charge in [-0.1, -0.05) is 18.2 Å². The molecular formula is C8H9NO. The second-order valence-electron chi connectivity index (χ2n) is 2.88. The van der Waals surface area contributed by atoms with Gasteiger partial charge in [0.1, 0.15) is 0 Å². The summed E-state index contributed by atoms with van der Waals surface area (Å²) in [4.78, 5) is 10.7. The maximum absolute atomic E-state index is 10.7. The maximum atomic E-state index is 10.7. The molecule has 0 aromatic rings. The lowest BCUT2D eigenvalue weighted by Gasteiger charge is -2.01. The zero-order valence-electron chi connectivity index (χ0n) is 5.58. The minimum Gasteiger partial charge on any atom is -0.366 e. The topological polar surface area (TPSA) is 43.1 Å². The predicted molar refractivity (Wildman–Crippen MR) is 38.0 cm³/mol. The van der Waals surface area contributed by atoms with Crippen molar-refractivity contribution in [3.05, 3.63) is 23.8 Å². The van der Waals surface area contributed by atoms with Gasteiger partial charge in [0.25, 0.3) is 0 Å². The monoisotopic (exact) mass is 135 g/mol. The average Bonchev–Trinajstić information content (AvgIpc) is 2.63. The van der Waals surface area contributed by atoms with E-state index in [-0.39, 0.29) is 5.91 Å². The van der Waals surface area contributed by atoms with E-state index in [1.807, 2.05) is 12.2 Å². The van der Waals surface area contributed by atoms with Crippen LogP contribution in [-0.2, 0) is 4.79 Å². The highest BCUT2D eigenvalue weighted by molar-refractivity contribution is 5.93. The molecule has 10 heavy (non-hydrogen) atoms. The number of carbonyl (C=O) groups is 1. The fourth-order valence-electron chi connectivity index (χ4n) is 1.48. The fraction of sp³-hybridized carbons (Fsp3) is 0.375. The predicted octanol–water partition coefficient (Wildman–Crippen LogP) is 0.604. The van der Waals surface area contributed by atoms with Crippen LogP contribution < -0.4 is 5.73 Å². The summed E-state index contributed by atoms with van der Waals surface area (Å²) in [6.45, 7) is 0. The number of fused-ring (bicyclic) bond motifs is 1. The smallest absolute Gasteiger partial charge is 0.244 e. The summed E-state index contributed by atoms with van der Waals surface area (Å²) < 4.78 is 0. The van der Waals surface area contributed by atoms with Gasteiger partial charge in [0.2, 0.25) is 5.91 Å². The first-order valence-electron chi connectivity index (χ1n) is 3.47. The van der Waals surface area contributed by atoms with E-state index in [0.717, 1.165) is 12.0 Å². The molecule has 0 aromatic carbocycles. The normalized spacial score (nSPS) is 34.6. The Hall–Kier alpha value is -1.05. The van der Waals surface area contributed by atoms with Crippen LogP contribution in [0.1, 0.15) is 6.42 Å². The van der Waals surface area contributed by atoms with E-state index in [9.17, 15) is 4.79 Å². The molecule has 2 atom stereocenters. The van der Waals surface area contributed by atoms with Crippen molar-refractivity contribution in [1.29, 1.82) is 0 Å². The lowest BCUT2D eigenvalue weighted by Crippen LogP contribution is -2.16. The molecule has 1 saturated carbocycles. The van der Waals surface area contributed by atoms with Gasteiger partial charge < -0.3 is 5.73 Å². The lowest BCUT2D eigenvalue weighted by atomic mass is 10.0. The van der Waals surface area contributed by atoms with Crippen LogP contribution in [0.5, 0.6) is 0 Å². The van der Waals surface area contributed by atoms with Crippen molar-refractivity contribution in [1.82, 2.24) is 0 Å². The molecule has 2 rings (SSSR count). The number of allylic oxidation sites excluding steroid dienone is 3. The minimum absolute atomic E-state index is 0.253. The van der Waals surface area contributed by atoms with Gasteiger partial charge in [-0.15, -0.1) is 0 Å². The highest BCUT2D eigenvalue weighted by Crippen LogP contribution is 2.46. The third-order valence-electron chi connectivity index (χ3n) is 2.16. The molecule has 0 saturated heterocycles. The number of nitrogens with two attached hydrogens (primary N) is 1. The van der Waals surface area contributed by atoms with Crippen LogP contribution in [0.15, 0.2) is 23.8 Å². The summed E-state index contributed by atoms with van der Waals surface area (Å²) in [7, 11) is 0. The van der Waals surface area contributed by atoms with Crippen molar-refractivity contribution < 1.29 is 4.79 Å². The Morgan fingerprint density at radius 3 is 3.10 bits per heavy atom. The van der Waals surface area contributed by atoms with Gasteiger partial charge in [0.05, 0.1) is 0 Å². The summed E-state index contributed by atoms with van der Waals surface area (Å²) in [5.74, 6) is 0.826. The third kappa shape index (κ3) is 0.685. The third-order valence-corrected chi connectivity index (χ3v) is 2.16. The van der Waals surface area contributed by atoms with Crippen molar-refractivity contribution in [3.63, 3.8) is 0 Å². The zero-order chi connectivity index (χ0) is 7.14. The molecule has 52 valence electrons. The van der Waals surface area contributed by atoms with E-state index in [1.54, 1.807) is 0 Å². The van der Waals surface area contributed by atoms with Crippen LogP contribution in [0, 0.1) is 11.8 Å². The van der Waals surface area contributed by atoms with E-state index >= 15 is 0 Å². The molecule has 2 unspecified atom stereocenters. The minimum atomic E-state index is -0.253. The molecule has 0 spiro atoms. The summed E-state index contributed by atoms with van der Waals surface area (Å²) in [5, 5.41) is 0. The maximum Gasteiger partial charge on any atom is 0.244 e. The van der Waals surface area contributed by atoms with Crippen molar-refractivity contribution in [2.75, 3.05) is 0 Å². The van der Waals surface area contributed by atoms with Gasteiger partial charge >= 0.3 is 0 Å².